The first-order chi connectivity index (χ1) is 9.01. The normalized spacial score (nSPS) is 11.3. The summed E-state index contributed by atoms with van der Waals surface area (Å²) in [4.78, 5) is 4.56. The third kappa shape index (κ3) is 3.24. The summed E-state index contributed by atoms with van der Waals surface area (Å²) in [6.45, 7) is 7.18. The molecule has 0 saturated heterocycles. The Kier molecular flexibility index (Phi) is 4.40. The standard InChI is InChI=1S/C15H18BrFN2/c1-4-18-14-6-10(5-9(2)3)19-15-8-13(17)12(16)7-11(14)15/h6-9H,4-5H2,1-3H3,(H,18,19). The number of nitrogens with one attached hydrogen (secondary N) is 1. The van der Waals surface area contributed by atoms with Crippen LogP contribution in [0.5, 0.6) is 0 Å². The average molecular weight is 325 g/mol. The zero-order valence-electron chi connectivity index (χ0n) is 11.4. The van der Waals surface area contributed by atoms with Crippen molar-refractivity contribution in [1.29, 1.82) is 0 Å². The highest BCUT2D eigenvalue weighted by molar-refractivity contribution is 9.10. The van der Waals surface area contributed by atoms with E-state index in [1.54, 1.807) is 6.07 Å². The smallest absolute Gasteiger partial charge is 0.139 e. The van der Waals surface area contributed by atoms with Gasteiger partial charge >= 0.3 is 0 Å². The van der Waals surface area contributed by atoms with Crippen molar-refractivity contribution < 1.29 is 4.39 Å². The Hall–Kier alpha value is -1.16. The number of halogens is 2. The van der Waals surface area contributed by atoms with Gasteiger partial charge in [0, 0.05) is 29.4 Å². The van der Waals surface area contributed by atoms with Gasteiger partial charge in [-0.25, -0.2) is 4.39 Å². The van der Waals surface area contributed by atoms with E-state index in [9.17, 15) is 4.39 Å². The van der Waals surface area contributed by atoms with Crippen molar-refractivity contribution in [1.82, 2.24) is 4.98 Å². The van der Waals surface area contributed by atoms with Crippen LogP contribution in [0.2, 0.25) is 0 Å². The Morgan fingerprint density at radius 2 is 2.05 bits per heavy atom. The van der Waals surface area contributed by atoms with Gasteiger partial charge in [0.05, 0.1) is 9.99 Å². The minimum absolute atomic E-state index is 0.274. The molecule has 1 aromatic carbocycles. The van der Waals surface area contributed by atoms with Gasteiger partial charge in [0.15, 0.2) is 0 Å². The van der Waals surface area contributed by atoms with Gasteiger partial charge in [0.1, 0.15) is 5.82 Å². The molecule has 0 aliphatic heterocycles. The first-order valence-electron chi connectivity index (χ1n) is 6.53. The predicted molar refractivity (Wildman–Crippen MR) is 82.1 cm³/mol. The van der Waals surface area contributed by atoms with Gasteiger partial charge in [0.25, 0.3) is 0 Å². The van der Waals surface area contributed by atoms with Gasteiger partial charge in [0.2, 0.25) is 0 Å². The molecule has 0 unspecified atom stereocenters. The fourth-order valence-corrected chi connectivity index (χ4v) is 2.48. The van der Waals surface area contributed by atoms with E-state index in [0.29, 0.717) is 15.9 Å². The summed E-state index contributed by atoms with van der Waals surface area (Å²) in [5, 5.41) is 4.27. The van der Waals surface area contributed by atoms with E-state index in [1.165, 1.54) is 6.07 Å². The maximum atomic E-state index is 13.7. The first-order valence-corrected chi connectivity index (χ1v) is 7.33. The van der Waals surface area contributed by atoms with E-state index < -0.39 is 0 Å². The third-order valence-electron chi connectivity index (χ3n) is 2.89. The number of pyridine rings is 1. The number of nitrogens with zero attached hydrogens (tertiary/aromatic N) is 1. The van der Waals surface area contributed by atoms with Crippen LogP contribution in [0.4, 0.5) is 10.1 Å². The second-order valence-electron chi connectivity index (χ2n) is 5.07. The highest BCUT2D eigenvalue weighted by Gasteiger charge is 2.10. The first kappa shape index (κ1) is 14.3. The van der Waals surface area contributed by atoms with Crippen molar-refractivity contribution in [3.8, 4) is 0 Å². The summed E-state index contributed by atoms with van der Waals surface area (Å²) in [7, 11) is 0. The molecule has 102 valence electrons. The Balaban J connectivity index is 2.61. The van der Waals surface area contributed by atoms with Crippen LogP contribution < -0.4 is 5.32 Å². The molecule has 4 heteroatoms. The van der Waals surface area contributed by atoms with Crippen LogP contribution in [0.1, 0.15) is 26.5 Å². The Labute approximate surface area is 121 Å². The number of aromatic nitrogens is 1. The SMILES string of the molecule is CCNc1cc(CC(C)C)nc2cc(F)c(Br)cc12. The van der Waals surface area contributed by atoms with Crippen molar-refractivity contribution in [3.63, 3.8) is 0 Å². The number of hydrogen-bond acceptors (Lipinski definition) is 2. The van der Waals surface area contributed by atoms with E-state index in [1.807, 2.05) is 6.92 Å². The number of benzene rings is 1. The molecule has 2 nitrogen and oxygen atoms in total. The number of fused-ring (bicyclic) bond motifs is 1. The van der Waals surface area contributed by atoms with Crippen molar-refractivity contribution in [2.24, 2.45) is 5.92 Å². The van der Waals surface area contributed by atoms with Crippen LogP contribution in [0, 0.1) is 11.7 Å². The van der Waals surface area contributed by atoms with E-state index >= 15 is 0 Å². The Bertz CT molecular complexity index is 596. The lowest BCUT2D eigenvalue weighted by atomic mass is 10.1. The molecule has 0 radical (unpaired) electrons. The molecule has 1 aromatic heterocycles. The van der Waals surface area contributed by atoms with Gasteiger partial charge in [-0.1, -0.05) is 13.8 Å². The molecule has 0 atom stereocenters. The van der Waals surface area contributed by atoms with E-state index in [0.717, 1.165) is 29.7 Å². The molecule has 0 amide bonds. The summed E-state index contributed by atoms with van der Waals surface area (Å²) in [5.41, 5.74) is 2.72. The lowest BCUT2D eigenvalue weighted by Crippen LogP contribution is -2.03. The summed E-state index contributed by atoms with van der Waals surface area (Å²) in [6, 6.07) is 5.34. The van der Waals surface area contributed by atoms with E-state index in [4.69, 9.17) is 0 Å². The summed E-state index contributed by atoms with van der Waals surface area (Å²) >= 11 is 3.23. The van der Waals surface area contributed by atoms with Crippen molar-refractivity contribution in [2.45, 2.75) is 27.2 Å². The fraction of sp³-hybridized carbons (Fsp3) is 0.400. The highest BCUT2D eigenvalue weighted by Crippen LogP contribution is 2.29. The zero-order valence-corrected chi connectivity index (χ0v) is 13.0. The van der Waals surface area contributed by atoms with E-state index in [-0.39, 0.29) is 5.82 Å². The van der Waals surface area contributed by atoms with E-state index in [2.05, 4.69) is 46.1 Å². The second kappa shape index (κ2) is 5.87. The van der Waals surface area contributed by atoms with Crippen LogP contribution in [0.15, 0.2) is 22.7 Å². The minimum atomic E-state index is -0.274. The van der Waals surface area contributed by atoms with Gasteiger partial charge in [-0.3, -0.25) is 4.98 Å². The fourth-order valence-electron chi connectivity index (χ4n) is 2.14. The molecule has 1 heterocycles. The molecule has 2 aromatic rings. The molecule has 0 fully saturated rings. The van der Waals surface area contributed by atoms with Gasteiger partial charge in [-0.15, -0.1) is 0 Å². The van der Waals surface area contributed by atoms with Gasteiger partial charge in [-0.2, -0.15) is 0 Å². The molecule has 0 bridgehead atoms. The molecule has 0 aliphatic carbocycles. The third-order valence-corrected chi connectivity index (χ3v) is 3.50. The zero-order chi connectivity index (χ0) is 14.0. The Morgan fingerprint density at radius 3 is 2.68 bits per heavy atom. The molecular weight excluding hydrogens is 307 g/mol. The van der Waals surface area contributed by atoms with Crippen LogP contribution in [0.25, 0.3) is 10.9 Å². The van der Waals surface area contributed by atoms with Crippen LogP contribution in [0.3, 0.4) is 0 Å². The molecule has 0 spiro atoms. The lowest BCUT2D eigenvalue weighted by molar-refractivity contribution is 0.622. The van der Waals surface area contributed by atoms with Crippen molar-refractivity contribution in [2.75, 3.05) is 11.9 Å². The quantitative estimate of drug-likeness (QED) is 0.876. The highest BCUT2D eigenvalue weighted by atomic mass is 79.9. The summed E-state index contributed by atoms with van der Waals surface area (Å²) < 4.78 is 14.1. The predicted octanol–water partition coefficient (Wildman–Crippen LogP) is 4.77. The minimum Gasteiger partial charge on any atom is -0.385 e. The van der Waals surface area contributed by atoms with Crippen LogP contribution >= 0.6 is 15.9 Å². The second-order valence-corrected chi connectivity index (χ2v) is 5.93. The van der Waals surface area contributed by atoms with Gasteiger partial charge < -0.3 is 5.32 Å². The average Bonchev–Trinajstić information content (AvgIpc) is 2.31. The largest absolute Gasteiger partial charge is 0.385 e. The molecule has 0 saturated carbocycles. The number of anilines is 1. The van der Waals surface area contributed by atoms with Crippen LogP contribution in [-0.4, -0.2) is 11.5 Å². The Morgan fingerprint density at radius 1 is 1.32 bits per heavy atom. The lowest BCUT2D eigenvalue weighted by Gasteiger charge is -2.12. The maximum absolute atomic E-state index is 13.7. The molecule has 1 N–H and O–H groups in total. The molecule has 2 rings (SSSR count). The summed E-state index contributed by atoms with van der Waals surface area (Å²) in [6.07, 6.45) is 0.895. The monoisotopic (exact) mass is 324 g/mol. The number of hydrogen-bond donors (Lipinski definition) is 1. The molecular formula is C15H18BrFN2. The topological polar surface area (TPSA) is 24.9 Å². The van der Waals surface area contributed by atoms with Crippen molar-refractivity contribution >= 4 is 32.5 Å². The molecule has 19 heavy (non-hydrogen) atoms. The molecule has 0 aliphatic rings. The van der Waals surface area contributed by atoms with Crippen molar-refractivity contribution in [3.05, 3.63) is 34.2 Å². The van der Waals surface area contributed by atoms with Crippen LogP contribution in [-0.2, 0) is 6.42 Å². The number of rotatable bonds is 4. The summed E-state index contributed by atoms with van der Waals surface area (Å²) in [5.74, 6) is 0.254. The maximum Gasteiger partial charge on any atom is 0.139 e. The van der Waals surface area contributed by atoms with Gasteiger partial charge in [-0.05, 0) is 47.3 Å².